The Hall–Kier alpha value is -1.64. The van der Waals surface area contributed by atoms with E-state index in [-0.39, 0.29) is 41.1 Å². The Morgan fingerprint density at radius 1 is 1.21 bits per heavy atom. The number of ether oxygens (including phenoxy) is 1. The maximum absolute atomic E-state index is 12.1. The number of nitrogens with one attached hydrogen (secondary N) is 1. The minimum Gasteiger partial charge on any atom is -0.445 e. The second-order valence-corrected chi connectivity index (χ2v) is 7.44. The Morgan fingerprint density at radius 3 is 2.33 bits per heavy atom. The molecule has 0 spiro atoms. The van der Waals surface area contributed by atoms with Crippen molar-refractivity contribution >= 4 is 40.5 Å². The average Bonchev–Trinajstić information content (AvgIpc) is 2.90. The first-order valence-electron chi connectivity index (χ1n) is 7.86. The summed E-state index contributed by atoms with van der Waals surface area (Å²) in [6.45, 7) is 4.09. The molecule has 130 valence electrons. The van der Waals surface area contributed by atoms with Crippen molar-refractivity contribution in [3.05, 3.63) is 35.9 Å². The molecule has 0 bridgehead atoms. The molecule has 1 aliphatic rings. The molecule has 7 heteroatoms. The number of alkyl halides is 1. The third-order valence-electron chi connectivity index (χ3n) is 3.79. The molecule has 2 rings (SSSR count). The maximum Gasteiger partial charge on any atom is 0.409 e. The van der Waals surface area contributed by atoms with Gasteiger partial charge in [0.25, 0.3) is 0 Å². The number of hydrogen-bond donors (Lipinski definition) is 1. The van der Waals surface area contributed by atoms with Crippen LogP contribution in [0.2, 0.25) is 0 Å². The fourth-order valence-electron chi connectivity index (χ4n) is 2.44. The van der Waals surface area contributed by atoms with Crippen LogP contribution >= 0.6 is 22.6 Å². The molecule has 1 N–H and O–H groups in total. The fraction of sp³-hybridized carbons (Fsp3) is 0.471. The van der Waals surface area contributed by atoms with E-state index < -0.39 is 12.3 Å². The monoisotopic (exact) mass is 444 g/mol. The number of alkyl carbamates (subject to hydrolysis) is 1. The highest BCUT2D eigenvalue weighted by Crippen LogP contribution is 2.24. The Morgan fingerprint density at radius 2 is 1.79 bits per heavy atom. The van der Waals surface area contributed by atoms with Crippen molar-refractivity contribution in [2.75, 3.05) is 0 Å². The summed E-state index contributed by atoms with van der Waals surface area (Å²) in [7, 11) is 0. The lowest BCUT2D eigenvalue weighted by molar-refractivity contribution is -0.141. The van der Waals surface area contributed by atoms with Crippen LogP contribution in [-0.4, -0.2) is 32.9 Å². The average molecular weight is 444 g/mol. The second-order valence-electron chi connectivity index (χ2n) is 6.00. The van der Waals surface area contributed by atoms with Crippen LogP contribution in [0.1, 0.15) is 32.3 Å². The number of carbonyl (C=O) groups excluding carboxylic acids is 3. The lowest BCUT2D eigenvalue weighted by Gasteiger charge is -2.32. The molecule has 2 atom stereocenters. The van der Waals surface area contributed by atoms with Gasteiger partial charge in [-0.1, -0.05) is 66.8 Å². The molecular weight excluding hydrogens is 423 g/mol. The predicted octanol–water partition coefficient (Wildman–Crippen LogP) is 2.85. The Labute approximate surface area is 155 Å². The van der Waals surface area contributed by atoms with Gasteiger partial charge in [-0.3, -0.25) is 19.8 Å². The maximum atomic E-state index is 12.1. The molecule has 1 saturated heterocycles. The number of benzene rings is 1. The van der Waals surface area contributed by atoms with Gasteiger partial charge in [-0.05, 0) is 11.5 Å². The third-order valence-corrected chi connectivity index (χ3v) is 5.90. The van der Waals surface area contributed by atoms with E-state index in [1.165, 1.54) is 4.90 Å². The molecule has 3 amide bonds. The van der Waals surface area contributed by atoms with E-state index >= 15 is 0 Å². The van der Waals surface area contributed by atoms with E-state index in [9.17, 15) is 14.4 Å². The van der Waals surface area contributed by atoms with E-state index in [2.05, 4.69) is 27.9 Å². The van der Waals surface area contributed by atoms with Gasteiger partial charge in [0.1, 0.15) is 12.8 Å². The first-order valence-corrected chi connectivity index (χ1v) is 9.11. The van der Waals surface area contributed by atoms with Crippen molar-refractivity contribution in [3.8, 4) is 0 Å². The van der Waals surface area contributed by atoms with Gasteiger partial charge in [0.15, 0.2) is 0 Å². The van der Waals surface area contributed by atoms with Gasteiger partial charge in [-0.25, -0.2) is 4.79 Å². The minimum absolute atomic E-state index is 0.113. The summed E-state index contributed by atoms with van der Waals surface area (Å²) in [6, 6.07) is 9.32. The van der Waals surface area contributed by atoms with Crippen molar-refractivity contribution in [3.63, 3.8) is 0 Å². The first-order chi connectivity index (χ1) is 11.4. The van der Waals surface area contributed by atoms with Crippen LogP contribution in [-0.2, 0) is 20.9 Å². The van der Waals surface area contributed by atoms with Crippen molar-refractivity contribution < 1.29 is 19.1 Å². The zero-order chi connectivity index (χ0) is 17.7. The summed E-state index contributed by atoms with van der Waals surface area (Å²) in [5.74, 6) is -0.336. The van der Waals surface area contributed by atoms with E-state index in [1.54, 1.807) is 0 Å². The van der Waals surface area contributed by atoms with Gasteiger partial charge in [-0.2, -0.15) is 0 Å². The molecule has 1 aliphatic heterocycles. The lowest BCUT2D eigenvalue weighted by Crippen LogP contribution is -2.56. The Balaban J connectivity index is 2.03. The highest BCUT2D eigenvalue weighted by molar-refractivity contribution is 14.1. The molecule has 1 heterocycles. The predicted molar refractivity (Wildman–Crippen MR) is 97.3 cm³/mol. The van der Waals surface area contributed by atoms with Crippen LogP contribution < -0.4 is 5.32 Å². The van der Waals surface area contributed by atoms with Crippen LogP contribution in [0.15, 0.2) is 30.3 Å². The molecular formula is C17H21IN2O4. The van der Waals surface area contributed by atoms with Gasteiger partial charge in [0, 0.05) is 12.8 Å². The molecule has 1 fully saturated rings. The summed E-state index contributed by atoms with van der Waals surface area (Å²) in [5.41, 5.74) is 0.868. The smallest absolute Gasteiger partial charge is 0.409 e. The zero-order valence-corrected chi connectivity index (χ0v) is 15.9. The largest absolute Gasteiger partial charge is 0.445 e. The van der Waals surface area contributed by atoms with Crippen LogP contribution in [0, 0.1) is 5.92 Å². The second kappa shape index (κ2) is 8.46. The van der Waals surface area contributed by atoms with E-state index in [0.29, 0.717) is 0 Å². The Bertz CT molecular complexity index is 590. The quantitative estimate of drug-likeness (QED) is 0.416. The number of rotatable bonds is 6. The minimum atomic E-state index is -0.698. The van der Waals surface area contributed by atoms with Crippen molar-refractivity contribution in [1.82, 2.24) is 10.2 Å². The van der Waals surface area contributed by atoms with E-state index in [1.807, 2.05) is 44.2 Å². The summed E-state index contributed by atoms with van der Waals surface area (Å²) in [5, 5.41) is 2.69. The molecule has 0 radical (unpaired) electrons. The summed E-state index contributed by atoms with van der Waals surface area (Å²) >= 11 is 2.16. The SMILES string of the molecule is CC(C)[C@H](I)[C@H](NC(=O)OCc1ccccc1)N1C(=O)CCC1=O. The first kappa shape index (κ1) is 18.7. The third kappa shape index (κ3) is 4.68. The topological polar surface area (TPSA) is 75.7 Å². The molecule has 0 aliphatic carbocycles. The standard InChI is InChI=1S/C17H21IN2O4/c1-11(2)15(18)16(20-13(21)8-9-14(20)22)19-17(23)24-10-12-6-4-3-5-7-12/h3-7,11,15-16H,8-10H2,1-2H3,(H,19,23)/t15-,16+/m0/s1. The molecule has 24 heavy (non-hydrogen) atoms. The van der Waals surface area contributed by atoms with Crippen LogP contribution in [0.5, 0.6) is 0 Å². The summed E-state index contributed by atoms with van der Waals surface area (Å²) in [6.07, 6.45) is -0.954. The summed E-state index contributed by atoms with van der Waals surface area (Å²) in [4.78, 5) is 37.4. The van der Waals surface area contributed by atoms with Gasteiger partial charge in [0.2, 0.25) is 11.8 Å². The summed E-state index contributed by atoms with van der Waals surface area (Å²) < 4.78 is 5.10. The number of halogens is 1. The number of imide groups is 1. The number of carbonyl (C=O) groups is 3. The number of nitrogens with zero attached hydrogens (tertiary/aromatic N) is 1. The van der Waals surface area contributed by atoms with Crippen LogP contribution in [0.25, 0.3) is 0 Å². The van der Waals surface area contributed by atoms with Gasteiger partial charge in [0.05, 0.1) is 3.92 Å². The lowest BCUT2D eigenvalue weighted by atomic mass is 10.1. The van der Waals surface area contributed by atoms with Crippen molar-refractivity contribution in [1.29, 1.82) is 0 Å². The van der Waals surface area contributed by atoms with Crippen molar-refractivity contribution in [2.24, 2.45) is 5.92 Å². The number of hydrogen-bond acceptors (Lipinski definition) is 4. The number of likely N-dealkylation sites (tertiary alicyclic amines) is 1. The molecule has 0 saturated carbocycles. The highest BCUT2D eigenvalue weighted by atomic mass is 127. The van der Waals surface area contributed by atoms with Gasteiger partial charge >= 0.3 is 6.09 Å². The fourth-order valence-corrected chi connectivity index (χ4v) is 2.94. The molecule has 6 nitrogen and oxygen atoms in total. The highest BCUT2D eigenvalue weighted by Gasteiger charge is 2.40. The van der Waals surface area contributed by atoms with Gasteiger partial charge < -0.3 is 4.74 Å². The molecule has 1 aromatic carbocycles. The molecule has 0 unspecified atom stereocenters. The van der Waals surface area contributed by atoms with E-state index in [0.717, 1.165) is 5.56 Å². The van der Waals surface area contributed by atoms with Crippen LogP contribution in [0.3, 0.4) is 0 Å². The van der Waals surface area contributed by atoms with Crippen molar-refractivity contribution in [2.45, 2.75) is 43.4 Å². The van der Waals surface area contributed by atoms with E-state index in [4.69, 9.17) is 4.74 Å². The zero-order valence-electron chi connectivity index (χ0n) is 13.7. The van der Waals surface area contributed by atoms with Crippen LogP contribution in [0.4, 0.5) is 4.79 Å². The Kier molecular flexibility index (Phi) is 6.59. The molecule has 1 aromatic rings. The number of amides is 3. The normalized spacial score (nSPS) is 17.1. The van der Waals surface area contributed by atoms with Gasteiger partial charge in [-0.15, -0.1) is 0 Å². The molecule has 0 aromatic heterocycles.